The Labute approximate surface area is 111 Å². The van der Waals surface area contributed by atoms with Crippen LogP contribution in [0.1, 0.15) is 24.2 Å². The first-order valence-corrected chi connectivity index (χ1v) is 6.12. The number of aliphatic hydroxyl groups is 1. The molecule has 0 radical (unpaired) electrons. The van der Waals surface area contributed by atoms with Crippen molar-refractivity contribution < 1.29 is 9.84 Å². The molecule has 2 rings (SSSR count). The lowest BCUT2D eigenvalue weighted by molar-refractivity contribution is 0.199. The van der Waals surface area contributed by atoms with Crippen LogP contribution < -0.4 is 10.3 Å². The van der Waals surface area contributed by atoms with Gasteiger partial charge in [0.1, 0.15) is 5.75 Å². The van der Waals surface area contributed by atoms with E-state index in [1.54, 1.807) is 30.9 Å². The summed E-state index contributed by atoms with van der Waals surface area (Å²) in [5.74, 6) is 0.708. The summed E-state index contributed by atoms with van der Waals surface area (Å²) >= 11 is 0. The van der Waals surface area contributed by atoms with E-state index in [9.17, 15) is 9.90 Å². The smallest absolute Gasteiger partial charge is 0.250 e. The third-order valence-electron chi connectivity index (χ3n) is 3.03. The Morgan fingerprint density at radius 3 is 2.74 bits per heavy atom. The minimum atomic E-state index is -0.544. The maximum atomic E-state index is 11.7. The molecule has 0 spiro atoms. The minimum absolute atomic E-state index is 0.0630. The molecule has 0 saturated carbocycles. The van der Waals surface area contributed by atoms with Gasteiger partial charge in [0.15, 0.2) is 0 Å². The second-order valence-corrected chi connectivity index (χ2v) is 4.41. The summed E-state index contributed by atoms with van der Waals surface area (Å²) in [4.78, 5) is 11.7. The van der Waals surface area contributed by atoms with E-state index in [1.807, 2.05) is 24.3 Å². The fourth-order valence-electron chi connectivity index (χ4n) is 1.96. The summed E-state index contributed by atoms with van der Waals surface area (Å²) in [6.45, 7) is 2.13. The summed E-state index contributed by atoms with van der Waals surface area (Å²) in [5, 5.41) is 9.62. The van der Waals surface area contributed by atoms with E-state index in [2.05, 4.69) is 0 Å². The number of methoxy groups -OCH3 is 1. The van der Waals surface area contributed by atoms with Crippen LogP contribution in [0.3, 0.4) is 0 Å². The predicted molar refractivity (Wildman–Crippen MR) is 73.4 cm³/mol. The number of aliphatic hydroxyl groups excluding tert-OH is 1. The Hall–Kier alpha value is -2.07. The van der Waals surface area contributed by atoms with Crippen molar-refractivity contribution in [1.29, 1.82) is 0 Å². The number of rotatable bonds is 4. The van der Waals surface area contributed by atoms with Crippen LogP contribution in [0.25, 0.3) is 0 Å². The molecule has 0 bridgehead atoms. The lowest BCUT2D eigenvalue weighted by Gasteiger charge is -2.13. The maximum absolute atomic E-state index is 11.7. The number of hydrogen-bond acceptors (Lipinski definition) is 3. The van der Waals surface area contributed by atoms with Gasteiger partial charge in [0.05, 0.1) is 19.8 Å². The highest BCUT2D eigenvalue weighted by Gasteiger charge is 2.08. The average Bonchev–Trinajstić information content (AvgIpc) is 2.41. The number of benzene rings is 1. The third kappa shape index (κ3) is 3.03. The van der Waals surface area contributed by atoms with Crippen LogP contribution in [-0.2, 0) is 6.54 Å². The number of pyridine rings is 1. The molecule has 0 aliphatic carbocycles. The average molecular weight is 259 g/mol. The molecule has 1 aromatic heterocycles. The fraction of sp³-hybridized carbons (Fsp3) is 0.267. The van der Waals surface area contributed by atoms with Gasteiger partial charge < -0.3 is 14.4 Å². The molecule has 0 saturated heterocycles. The lowest BCUT2D eigenvalue weighted by Crippen LogP contribution is -2.18. The van der Waals surface area contributed by atoms with Crippen LogP contribution in [-0.4, -0.2) is 16.8 Å². The van der Waals surface area contributed by atoms with E-state index in [0.29, 0.717) is 12.3 Å². The topological polar surface area (TPSA) is 51.5 Å². The Morgan fingerprint density at radius 2 is 2.11 bits per heavy atom. The van der Waals surface area contributed by atoms with Crippen LogP contribution in [0.2, 0.25) is 0 Å². The number of ether oxygens (including phenoxy) is 1. The molecular weight excluding hydrogens is 242 g/mol. The first-order chi connectivity index (χ1) is 9.11. The van der Waals surface area contributed by atoms with Gasteiger partial charge in [0, 0.05) is 17.8 Å². The summed E-state index contributed by atoms with van der Waals surface area (Å²) in [6, 6.07) is 10.5. The quantitative estimate of drug-likeness (QED) is 0.913. The SMILES string of the molecule is COc1ccc(C(C)O)cc1Cn1ccccc1=O. The molecule has 19 heavy (non-hydrogen) atoms. The van der Waals surface area contributed by atoms with Crippen LogP contribution >= 0.6 is 0 Å². The lowest BCUT2D eigenvalue weighted by atomic mass is 10.1. The van der Waals surface area contributed by atoms with Crippen molar-refractivity contribution >= 4 is 0 Å². The Morgan fingerprint density at radius 1 is 1.32 bits per heavy atom. The molecule has 0 aliphatic heterocycles. The zero-order chi connectivity index (χ0) is 13.8. The summed E-state index contributed by atoms with van der Waals surface area (Å²) < 4.78 is 6.90. The molecule has 1 heterocycles. The maximum Gasteiger partial charge on any atom is 0.250 e. The zero-order valence-corrected chi connectivity index (χ0v) is 11.0. The predicted octanol–water partition coefficient (Wildman–Crippen LogP) is 1.96. The van der Waals surface area contributed by atoms with E-state index < -0.39 is 6.10 Å². The van der Waals surface area contributed by atoms with Crippen LogP contribution in [0.15, 0.2) is 47.4 Å². The molecular formula is C15H17NO3. The second-order valence-electron chi connectivity index (χ2n) is 4.41. The monoisotopic (exact) mass is 259 g/mol. The number of aromatic nitrogens is 1. The molecule has 1 aromatic carbocycles. The zero-order valence-electron chi connectivity index (χ0n) is 11.0. The molecule has 0 fully saturated rings. The van der Waals surface area contributed by atoms with Crippen LogP contribution in [0.5, 0.6) is 5.75 Å². The van der Waals surface area contributed by atoms with Gasteiger partial charge in [0.25, 0.3) is 5.56 Å². The van der Waals surface area contributed by atoms with Gasteiger partial charge in [-0.2, -0.15) is 0 Å². The Balaban J connectivity index is 2.40. The standard InChI is InChI=1S/C15H17NO3/c1-11(17)12-6-7-14(19-2)13(9-12)10-16-8-4-3-5-15(16)18/h3-9,11,17H,10H2,1-2H3. The number of nitrogens with zero attached hydrogens (tertiary/aromatic N) is 1. The van der Waals surface area contributed by atoms with Gasteiger partial charge >= 0.3 is 0 Å². The second kappa shape index (κ2) is 5.71. The first-order valence-electron chi connectivity index (χ1n) is 6.12. The molecule has 4 nitrogen and oxygen atoms in total. The Kier molecular flexibility index (Phi) is 4.02. The molecule has 0 amide bonds. The molecule has 100 valence electrons. The van der Waals surface area contributed by atoms with Gasteiger partial charge in [-0.3, -0.25) is 4.79 Å². The van der Waals surface area contributed by atoms with Gasteiger partial charge in [-0.25, -0.2) is 0 Å². The van der Waals surface area contributed by atoms with Crippen LogP contribution in [0.4, 0.5) is 0 Å². The van der Waals surface area contributed by atoms with E-state index in [1.165, 1.54) is 6.07 Å². The summed E-state index contributed by atoms with van der Waals surface area (Å²) in [6.07, 6.45) is 1.19. The van der Waals surface area contributed by atoms with E-state index >= 15 is 0 Å². The van der Waals surface area contributed by atoms with Crippen molar-refractivity contribution in [2.45, 2.75) is 19.6 Å². The van der Waals surface area contributed by atoms with E-state index in [4.69, 9.17) is 4.74 Å². The van der Waals surface area contributed by atoms with Gasteiger partial charge in [-0.05, 0) is 30.7 Å². The molecule has 1 N–H and O–H groups in total. The van der Waals surface area contributed by atoms with Crippen molar-refractivity contribution in [3.63, 3.8) is 0 Å². The van der Waals surface area contributed by atoms with Crippen molar-refractivity contribution in [3.05, 3.63) is 64.1 Å². The summed E-state index contributed by atoms with van der Waals surface area (Å²) in [5.41, 5.74) is 1.61. The van der Waals surface area contributed by atoms with Crippen LogP contribution in [0, 0.1) is 0 Å². The summed E-state index contributed by atoms with van der Waals surface area (Å²) in [7, 11) is 1.59. The molecule has 1 unspecified atom stereocenters. The van der Waals surface area contributed by atoms with Gasteiger partial charge in [-0.1, -0.05) is 12.1 Å². The first kappa shape index (κ1) is 13.4. The molecule has 2 aromatic rings. The van der Waals surface area contributed by atoms with Gasteiger partial charge in [0.2, 0.25) is 0 Å². The van der Waals surface area contributed by atoms with Crippen molar-refractivity contribution in [3.8, 4) is 5.75 Å². The van der Waals surface area contributed by atoms with E-state index in [0.717, 1.165) is 11.1 Å². The van der Waals surface area contributed by atoms with E-state index in [-0.39, 0.29) is 5.56 Å². The fourth-order valence-corrected chi connectivity index (χ4v) is 1.96. The van der Waals surface area contributed by atoms with Crippen molar-refractivity contribution in [2.24, 2.45) is 0 Å². The Bertz CT molecular complexity index is 617. The van der Waals surface area contributed by atoms with Crippen molar-refractivity contribution in [1.82, 2.24) is 4.57 Å². The highest BCUT2D eigenvalue weighted by atomic mass is 16.5. The highest BCUT2D eigenvalue weighted by Crippen LogP contribution is 2.23. The highest BCUT2D eigenvalue weighted by molar-refractivity contribution is 5.38. The third-order valence-corrected chi connectivity index (χ3v) is 3.03. The molecule has 0 aliphatic rings. The van der Waals surface area contributed by atoms with Gasteiger partial charge in [-0.15, -0.1) is 0 Å². The normalized spacial score (nSPS) is 12.2. The minimum Gasteiger partial charge on any atom is -0.496 e. The largest absolute Gasteiger partial charge is 0.496 e. The molecule has 1 atom stereocenters. The molecule has 4 heteroatoms. The van der Waals surface area contributed by atoms with Crippen molar-refractivity contribution in [2.75, 3.05) is 7.11 Å². The number of hydrogen-bond donors (Lipinski definition) is 1.